The Balaban J connectivity index is 0.796. The molecule has 10 fully saturated rings. The van der Waals surface area contributed by atoms with Gasteiger partial charge in [-0.25, -0.2) is 0 Å². The van der Waals surface area contributed by atoms with Crippen LogP contribution >= 0.6 is 0 Å². The van der Waals surface area contributed by atoms with E-state index in [1.165, 1.54) is 0 Å². The van der Waals surface area contributed by atoms with Crippen molar-refractivity contribution in [1.29, 1.82) is 0 Å². The second-order valence-electron chi connectivity index (χ2n) is 26.4. The van der Waals surface area contributed by atoms with Crippen molar-refractivity contribution in [2.24, 2.45) is 28.1 Å². The predicted molar refractivity (Wildman–Crippen MR) is 284 cm³/mol. The van der Waals surface area contributed by atoms with E-state index in [0.717, 1.165) is 0 Å². The Hall–Kier alpha value is -2.03. The van der Waals surface area contributed by atoms with Crippen LogP contribution in [-0.4, -0.2) is 338 Å². The van der Waals surface area contributed by atoms with Gasteiger partial charge in [-0.2, -0.15) is 0 Å². The number of hydrogen-bond acceptors (Lipinski definition) is 33. The molecule has 10 rings (SSSR count). The maximum Gasteiger partial charge on any atom is 0.314 e. The van der Waals surface area contributed by atoms with Crippen molar-refractivity contribution in [3.05, 3.63) is 12.2 Å². The van der Waals surface area contributed by atoms with Crippen molar-refractivity contribution < 1.29 is 164 Å². The molecule has 512 valence electrons. The molecule has 89 heavy (non-hydrogen) atoms. The van der Waals surface area contributed by atoms with Crippen LogP contribution in [0.1, 0.15) is 71.6 Å². The van der Waals surface area contributed by atoms with Crippen molar-refractivity contribution in [2.75, 3.05) is 39.6 Å². The molecular formula is C56H90O33. The average Bonchev–Trinajstić information content (AvgIpc) is 1.65. The van der Waals surface area contributed by atoms with Crippen molar-refractivity contribution in [3.63, 3.8) is 0 Å². The van der Waals surface area contributed by atoms with E-state index in [4.69, 9.17) is 56.8 Å². The highest BCUT2D eigenvalue weighted by Gasteiger charge is 2.70. The molecule has 1 spiro atoms. The summed E-state index contributed by atoms with van der Waals surface area (Å²) in [5.41, 5.74) is -2.68. The third-order valence-corrected chi connectivity index (χ3v) is 21.3. The van der Waals surface area contributed by atoms with Crippen LogP contribution in [0.3, 0.4) is 0 Å². The first kappa shape index (κ1) is 69.8. The van der Waals surface area contributed by atoms with E-state index in [-0.39, 0.29) is 11.8 Å². The topological polar surface area (TPSA) is 532 Å². The van der Waals surface area contributed by atoms with Crippen molar-refractivity contribution >= 4 is 5.97 Å². The van der Waals surface area contributed by atoms with E-state index in [1.54, 1.807) is 6.92 Å². The van der Waals surface area contributed by atoms with Crippen LogP contribution < -0.4 is 0 Å². The average molecular weight is 1290 g/mol. The van der Waals surface area contributed by atoms with Crippen LogP contribution in [0.25, 0.3) is 0 Å². The molecule has 10 aliphatic rings. The molecule has 0 aromatic carbocycles. The molecule has 6 heterocycles. The molecule has 20 N–H and O–H groups in total. The van der Waals surface area contributed by atoms with Crippen LogP contribution in [0.15, 0.2) is 12.2 Å². The fourth-order valence-corrected chi connectivity index (χ4v) is 16.5. The second-order valence-corrected chi connectivity index (χ2v) is 26.4. The van der Waals surface area contributed by atoms with Crippen LogP contribution in [0.2, 0.25) is 0 Å². The minimum absolute atomic E-state index is 0.0476. The molecule has 33 nitrogen and oxygen atoms in total. The molecule has 2 bridgehead atoms. The molecule has 6 saturated heterocycles. The highest BCUT2D eigenvalue weighted by Crippen LogP contribution is 2.74. The summed E-state index contributed by atoms with van der Waals surface area (Å²) in [4.78, 5) is 14.7. The SMILES string of the molecule is C=C1C[C@@]23CC[C@H]4[C@@](C)(CCC[C@@]4(C)C(=O)O[C@@H]4O[C@H](CO)[C@@H](O[C@H]5O[C@H](CO)[C@@H](O)[C@H](O)[C@H]5O)[C@H](O)[C@H]4O)[C@@H]2CC[C@]1(O[C@@H]1O[C@H](CO)[C@@H](O)[C@H](O)[C@H]1O[C@@H]1O[C@H](CO)[C@@H](O[C@H]2O[C@H](CO)[C@@H](O[C@H]4O[C@H](CO)[C@@H](O)[C@H](O)[C@H]4O)[C@H](O)[C@H]2O)[C@H](O)[C@H]1O)C3. The second kappa shape index (κ2) is 27.2. The first-order chi connectivity index (χ1) is 42.1. The van der Waals surface area contributed by atoms with Gasteiger partial charge in [0.1, 0.15) is 146 Å². The van der Waals surface area contributed by atoms with Gasteiger partial charge >= 0.3 is 5.97 Å². The molecule has 0 amide bonds. The van der Waals surface area contributed by atoms with Crippen LogP contribution in [0.5, 0.6) is 0 Å². The van der Waals surface area contributed by atoms with Gasteiger partial charge in [0, 0.05) is 0 Å². The zero-order valence-electron chi connectivity index (χ0n) is 49.0. The Morgan fingerprint density at radius 1 is 0.427 bits per heavy atom. The minimum Gasteiger partial charge on any atom is -0.432 e. The van der Waals surface area contributed by atoms with Crippen molar-refractivity contribution in [2.45, 2.75) is 261 Å². The number of hydrogen-bond donors (Lipinski definition) is 20. The lowest BCUT2D eigenvalue weighted by Gasteiger charge is -2.64. The van der Waals surface area contributed by atoms with Gasteiger partial charge in [0.2, 0.25) is 6.29 Å². The Morgan fingerprint density at radius 3 is 1.24 bits per heavy atom. The smallest absolute Gasteiger partial charge is 0.314 e. The zero-order valence-corrected chi connectivity index (χ0v) is 49.0. The fourth-order valence-electron chi connectivity index (χ4n) is 16.5. The summed E-state index contributed by atoms with van der Waals surface area (Å²) < 4.78 is 70.5. The number of fused-ring (bicyclic) bond motifs is 3. The summed E-state index contributed by atoms with van der Waals surface area (Å²) in [6.45, 7) is 3.26. The Labute approximate surface area is 509 Å². The minimum atomic E-state index is -2.12. The van der Waals surface area contributed by atoms with E-state index in [0.29, 0.717) is 63.4 Å². The Morgan fingerprint density at radius 2 is 0.787 bits per heavy atom. The normalized spacial score (nSPS) is 54.5. The molecule has 6 aliphatic heterocycles. The maximum absolute atomic E-state index is 14.7. The number of esters is 1. The summed E-state index contributed by atoms with van der Waals surface area (Å²) in [5, 5.41) is 214. The fraction of sp³-hybridized carbons (Fsp3) is 0.946. The summed E-state index contributed by atoms with van der Waals surface area (Å²) in [7, 11) is 0. The van der Waals surface area contributed by atoms with Crippen LogP contribution in [-0.2, 0) is 61.6 Å². The van der Waals surface area contributed by atoms with Gasteiger partial charge < -0.3 is 159 Å². The van der Waals surface area contributed by atoms with E-state index in [2.05, 4.69) is 13.5 Å². The quantitative estimate of drug-likeness (QED) is 0.0344. The number of carbonyl (C=O) groups is 1. The largest absolute Gasteiger partial charge is 0.432 e. The molecule has 0 radical (unpaired) electrons. The van der Waals surface area contributed by atoms with E-state index < -0.39 is 252 Å². The molecule has 33 heteroatoms. The van der Waals surface area contributed by atoms with E-state index >= 15 is 0 Å². The zero-order chi connectivity index (χ0) is 64.7. The summed E-state index contributed by atoms with van der Waals surface area (Å²) >= 11 is 0. The number of rotatable bonds is 18. The number of ether oxygens (including phenoxy) is 12. The Bertz CT molecular complexity index is 2390. The summed E-state index contributed by atoms with van der Waals surface area (Å²) in [6.07, 6.45) is -49.4. The molecule has 4 aliphatic carbocycles. The lowest BCUT2D eigenvalue weighted by molar-refractivity contribution is -0.395. The van der Waals surface area contributed by atoms with Crippen molar-refractivity contribution in [3.8, 4) is 0 Å². The highest BCUT2D eigenvalue weighted by atomic mass is 16.8. The third kappa shape index (κ3) is 12.3. The highest BCUT2D eigenvalue weighted by molar-refractivity contribution is 5.77. The van der Waals surface area contributed by atoms with Gasteiger partial charge in [0.15, 0.2) is 31.5 Å². The lowest BCUT2D eigenvalue weighted by atomic mass is 9.41. The lowest BCUT2D eigenvalue weighted by Crippen LogP contribution is -2.67. The van der Waals surface area contributed by atoms with Gasteiger partial charge in [-0.3, -0.25) is 4.79 Å². The molecule has 0 aromatic rings. The maximum atomic E-state index is 14.7. The molecule has 0 aromatic heterocycles. The van der Waals surface area contributed by atoms with E-state index in [9.17, 15) is 107 Å². The van der Waals surface area contributed by atoms with Gasteiger partial charge in [-0.15, -0.1) is 0 Å². The molecule has 0 unspecified atom stereocenters. The van der Waals surface area contributed by atoms with Crippen LogP contribution in [0, 0.1) is 28.1 Å². The number of carbonyl (C=O) groups excluding carboxylic acids is 1. The third-order valence-electron chi connectivity index (χ3n) is 21.3. The number of aliphatic hydroxyl groups excluding tert-OH is 20. The van der Waals surface area contributed by atoms with Gasteiger partial charge in [-0.1, -0.05) is 19.9 Å². The summed E-state index contributed by atoms with van der Waals surface area (Å²) in [5.74, 6) is -1.07. The standard InChI is InChI=1S/C56H90O33/c1-19-11-55-9-5-26-53(2,7-4-8-54(26,3)52(77)88-50-41(76)36(71)44(25(17-62)83-50)85-47-38(73)32(67)29(64)21(13-58)79-47)27(55)6-10-56(19,18-55)89-51-45(33(68)30(65)22(14-59)80-51)87-49-40(75)35(70)43(24(16-61)82-49)86-48-39(74)34(69)42(23(15-60)81-48)84-46-37(72)31(66)28(63)20(12-57)78-46/h20-51,57-76H,1,4-18H2,2-3H3/t20-,21-,22-,23-,24-,25-,26+,27+,28-,29-,30-,31+,32+,33+,34-,35-,36-,37-,38-,39-,40-,41-,42-,43-,44-,45-,46-,47-,48-,49+,50+,51+,53-,54-,55-,56+/m1/s1. The number of aliphatic hydroxyl groups is 20. The van der Waals surface area contributed by atoms with Crippen molar-refractivity contribution in [1.82, 2.24) is 0 Å². The first-order valence-corrected chi connectivity index (χ1v) is 30.4. The van der Waals surface area contributed by atoms with Crippen LogP contribution in [0.4, 0.5) is 0 Å². The molecule has 4 saturated carbocycles. The monoisotopic (exact) mass is 1290 g/mol. The van der Waals surface area contributed by atoms with Gasteiger partial charge in [0.05, 0.1) is 50.7 Å². The summed E-state index contributed by atoms with van der Waals surface area (Å²) in [6, 6.07) is 0. The first-order valence-electron chi connectivity index (χ1n) is 30.4. The van der Waals surface area contributed by atoms with Gasteiger partial charge in [-0.05, 0) is 86.5 Å². The Kier molecular flexibility index (Phi) is 21.4. The molecule has 36 atom stereocenters. The van der Waals surface area contributed by atoms with Gasteiger partial charge in [0.25, 0.3) is 0 Å². The molecular weight excluding hydrogens is 1200 g/mol. The predicted octanol–water partition coefficient (Wildman–Crippen LogP) is -9.47. The van der Waals surface area contributed by atoms with E-state index in [1.807, 2.05) is 0 Å².